The predicted octanol–water partition coefficient (Wildman–Crippen LogP) is 4.29. The fraction of sp³-hybridized carbons (Fsp3) is 0.429. The Morgan fingerprint density at radius 1 is 1.24 bits per heavy atom. The van der Waals surface area contributed by atoms with Crippen molar-refractivity contribution in [2.75, 3.05) is 20.1 Å². The van der Waals surface area contributed by atoms with Gasteiger partial charge in [-0.25, -0.2) is 0 Å². The van der Waals surface area contributed by atoms with Crippen molar-refractivity contribution in [3.8, 4) is 0 Å². The normalized spacial score (nSPS) is 18.9. The molecule has 0 N–H and O–H groups in total. The number of nitrogens with zero attached hydrogens (tertiary/aromatic N) is 1. The minimum Gasteiger partial charge on any atom is -0.306 e. The highest BCUT2D eigenvalue weighted by Crippen LogP contribution is 2.24. The van der Waals surface area contributed by atoms with E-state index in [9.17, 15) is 0 Å². The molecule has 1 fully saturated rings. The van der Waals surface area contributed by atoms with Crippen molar-refractivity contribution in [3.05, 3.63) is 40.8 Å². The van der Waals surface area contributed by atoms with Crippen LogP contribution in [-0.2, 0) is 0 Å². The number of thioether (sulfide) groups is 1. The Bertz CT molecular complexity index is 366. The van der Waals surface area contributed by atoms with Crippen LogP contribution >= 0.6 is 23.4 Å². The van der Waals surface area contributed by atoms with E-state index in [0.717, 1.165) is 10.9 Å². The lowest BCUT2D eigenvalue weighted by Crippen LogP contribution is -2.29. The zero-order valence-corrected chi connectivity index (χ0v) is 11.7. The summed E-state index contributed by atoms with van der Waals surface area (Å²) in [4.78, 5) is 3.65. The van der Waals surface area contributed by atoms with E-state index in [1.807, 2.05) is 12.1 Å². The fourth-order valence-corrected chi connectivity index (χ4v) is 2.84. The molecule has 0 unspecified atom stereocenters. The van der Waals surface area contributed by atoms with Crippen LogP contribution < -0.4 is 0 Å². The average Bonchev–Trinajstić information content (AvgIpc) is 2.34. The number of benzene rings is 1. The molecule has 0 aromatic heterocycles. The Morgan fingerprint density at radius 2 is 1.88 bits per heavy atom. The summed E-state index contributed by atoms with van der Waals surface area (Å²) >= 11 is 7.62. The SMILES string of the molecule is CN1CCC(/C=C/Sc2ccc(Cl)cc2)CC1. The number of likely N-dealkylation sites (tertiary alicyclic amines) is 1. The first kappa shape index (κ1) is 13.0. The number of rotatable bonds is 3. The lowest BCUT2D eigenvalue weighted by Gasteiger charge is -2.26. The summed E-state index contributed by atoms with van der Waals surface area (Å²) in [5.74, 6) is 0.756. The fourth-order valence-electron chi connectivity index (χ4n) is 1.96. The van der Waals surface area contributed by atoms with Gasteiger partial charge in [0.1, 0.15) is 0 Å². The van der Waals surface area contributed by atoms with Crippen molar-refractivity contribution >= 4 is 23.4 Å². The maximum absolute atomic E-state index is 5.85. The van der Waals surface area contributed by atoms with Crippen LogP contribution in [0, 0.1) is 5.92 Å². The number of hydrogen-bond acceptors (Lipinski definition) is 2. The van der Waals surface area contributed by atoms with Gasteiger partial charge in [0.15, 0.2) is 0 Å². The van der Waals surface area contributed by atoms with Gasteiger partial charge in [-0.3, -0.25) is 0 Å². The molecule has 0 bridgehead atoms. The highest BCUT2D eigenvalue weighted by molar-refractivity contribution is 8.02. The molecule has 17 heavy (non-hydrogen) atoms. The van der Waals surface area contributed by atoms with Crippen LogP contribution in [-0.4, -0.2) is 25.0 Å². The van der Waals surface area contributed by atoms with Crippen molar-refractivity contribution in [2.24, 2.45) is 5.92 Å². The number of piperidine rings is 1. The largest absolute Gasteiger partial charge is 0.306 e. The van der Waals surface area contributed by atoms with Crippen molar-refractivity contribution in [3.63, 3.8) is 0 Å². The van der Waals surface area contributed by atoms with Crippen molar-refractivity contribution in [1.29, 1.82) is 0 Å². The Labute approximate surface area is 113 Å². The summed E-state index contributed by atoms with van der Waals surface area (Å²) in [6.07, 6.45) is 4.93. The summed E-state index contributed by atoms with van der Waals surface area (Å²) in [6, 6.07) is 8.00. The van der Waals surface area contributed by atoms with E-state index >= 15 is 0 Å². The minimum absolute atomic E-state index is 0.756. The van der Waals surface area contributed by atoms with Gasteiger partial charge in [0.2, 0.25) is 0 Å². The number of hydrogen-bond donors (Lipinski definition) is 0. The molecule has 0 aliphatic carbocycles. The third-order valence-corrected chi connectivity index (χ3v) is 4.22. The van der Waals surface area contributed by atoms with Crippen LogP contribution in [0.5, 0.6) is 0 Å². The molecule has 1 aliphatic rings. The highest BCUT2D eigenvalue weighted by Gasteiger charge is 2.13. The monoisotopic (exact) mass is 267 g/mol. The topological polar surface area (TPSA) is 3.24 Å². The zero-order valence-electron chi connectivity index (χ0n) is 10.1. The molecule has 2 rings (SSSR count). The van der Waals surface area contributed by atoms with Gasteiger partial charge in [0.05, 0.1) is 0 Å². The lowest BCUT2D eigenvalue weighted by molar-refractivity contribution is 0.244. The lowest BCUT2D eigenvalue weighted by atomic mass is 9.98. The van der Waals surface area contributed by atoms with E-state index in [1.165, 1.54) is 30.8 Å². The molecule has 1 aliphatic heterocycles. The molecular weight excluding hydrogens is 250 g/mol. The quantitative estimate of drug-likeness (QED) is 0.752. The summed E-state index contributed by atoms with van der Waals surface area (Å²) in [6.45, 7) is 2.45. The van der Waals surface area contributed by atoms with Crippen LogP contribution in [0.25, 0.3) is 0 Å². The first-order valence-corrected chi connectivity index (χ1v) is 7.27. The van der Waals surface area contributed by atoms with Gasteiger partial charge in [-0.1, -0.05) is 29.4 Å². The predicted molar refractivity (Wildman–Crippen MR) is 76.7 cm³/mol. The van der Waals surface area contributed by atoms with Gasteiger partial charge >= 0.3 is 0 Å². The summed E-state index contributed by atoms with van der Waals surface area (Å²) in [5.41, 5.74) is 0. The van der Waals surface area contributed by atoms with E-state index in [4.69, 9.17) is 11.6 Å². The van der Waals surface area contributed by atoms with Crippen LogP contribution in [0.15, 0.2) is 40.6 Å². The second kappa shape index (κ2) is 6.48. The maximum atomic E-state index is 5.85. The maximum Gasteiger partial charge on any atom is 0.0406 e. The summed E-state index contributed by atoms with van der Waals surface area (Å²) in [5, 5.41) is 3.02. The summed E-state index contributed by atoms with van der Waals surface area (Å²) in [7, 11) is 2.20. The molecule has 1 aromatic rings. The first-order chi connectivity index (χ1) is 8.24. The molecule has 0 amide bonds. The van der Waals surface area contributed by atoms with E-state index < -0.39 is 0 Å². The first-order valence-electron chi connectivity index (χ1n) is 6.01. The highest BCUT2D eigenvalue weighted by atomic mass is 35.5. The van der Waals surface area contributed by atoms with E-state index in [0.29, 0.717) is 0 Å². The van der Waals surface area contributed by atoms with Gasteiger partial charge < -0.3 is 4.90 Å². The third kappa shape index (κ3) is 4.38. The smallest absolute Gasteiger partial charge is 0.0406 e. The molecule has 1 heterocycles. The second-order valence-corrected chi connectivity index (χ2v) is 5.96. The number of allylic oxidation sites excluding steroid dienone is 1. The minimum atomic E-state index is 0.756. The van der Waals surface area contributed by atoms with Crippen molar-refractivity contribution < 1.29 is 0 Å². The van der Waals surface area contributed by atoms with Gasteiger partial charge in [-0.05, 0) is 68.6 Å². The van der Waals surface area contributed by atoms with Crippen LogP contribution in [0.3, 0.4) is 0 Å². The number of halogens is 1. The zero-order chi connectivity index (χ0) is 12.1. The molecule has 0 atom stereocenters. The third-order valence-electron chi connectivity index (χ3n) is 3.13. The molecule has 0 spiro atoms. The van der Waals surface area contributed by atoms with Gasteiger partial charge in [0, 0.05) is 9.92 Å². The van der Waals surface area contributed by atoms with Crippen molar-refractivity contribution in [1.82, 2.24) is 4.90 Å². The average molecular weight is 268 g/mol. The Hall–Kier alpha value is -0.440. The van der Waals surface area contributed by atoms with Gasteiger partial charge in [-0.2, -0.15) is 0 Å². The molecule has 3 heteroatoms. The van der Waals surface area contributed by atoms with Gasteiger partial charge in [-0.15, -0.1) is 0 Å². The molecule has 0 radical (unpaired) electrons. The van der Waals surface area contributed by atoms with Crippen molar-refractivity contribution in [2.45, 2.75) is 17.7 Å². The summed E-state index contributed by atoms with van der Waals surface area (Å²) < 4.78 is 0. The van der Waals surface area contributed by atoms with E-state index in [2.05, 4.69) is 35.6 Å². The second-order valence-electron chi connectivity index (χ2n) is 4.54. The Kier molecular flexibility index (Phi) is 4.96. The molecule has 1 aromatic carbocycles. The molecular formula is C14H18ClNS. The van der Waals surface area contributed by atoms with Crippen LogP contribution in [0.4, 0.5) is 0 Å². The Balaban J connectivity index is 1.79. The molecule has 92 valence electrons. The molecule has 0 saturated carbocycles. The van der Waals surface area contributed by atoms with Crippen LogP contribution in [0.2, 0.25) is 5.02 Å². The Morgan fingerprint density at radius 3 is 2.53 bits per heavy atom. The van der Waals surface area contributed by atoms with Gasteiger partial charge in [0.25, 0.3) is 0 Å². The van der Waals surface area contributed by atoms with E-state index in [1.54, 1.807) is 11.8 Å². The molecule has 1 saturated heterocycles. The van der Waals surface area contributed by atoms with E-state index in [-0.39, 0.29) is 0 Å². The van der Waals surface area contributed by atoms with Crippen LogP contribution in [0.1, 0.15) is 12.8 Å². The standard InChI is InChI=1S/C14H18ClNS/c1-16-9-6-12(7-10-16)8-11-17-14-4-2-13(15)3-5-14/h2-5,8,11-12H,6-7,9-10H2,1H3/b11-8+. The molecule has 1 nitrogen and oxygen atoms in total.